The zero-order valence-corrected chi connectivity index (χ0v) is 12.1. The third kappa shape index (κ3) is 3.36. The Hall–Kier alpha value is -1.87. The van der Waals surface area contributed by atoms with E-state index in [4.69, 9.17) is 4.74 Å². The van der Waals surface area contributed by atoms with E-state index in [1.54, 1.807) is 19.2 Å². The normalized spacial score (nSPS) is 13.8. The minimum Gasteiger partial charge on any atom is -0.496 e. The zero-order chi connectivity index (χ0) is 14.5. The van der Waals surface area contributed by atoms with Crippen molar-refractivity contribution >= 4 is 0 Å². The molecule has 0 heterocycles. The summed E-state index contributed by atoms with van der Waals surface area (Å²) in [6.07, 6.45) is 0. The average Bonchev–Trinajstić information content (AvgIpc) is 2.47. The molecule has 2 atom stereocenters. The van der Waals surface area contributed by atoms with E-state index in [2.05, 4.69) is 12.2 Å². The van der Waals surface area contributed by atoms with E-state index in [-0.39, 0.29) is 17.9 Å². The number of methoxy groups -OCH3 is 1. The Bertz CT molecular complexity index is 570. The van der Waals surface area contributed by atoms with Crippen LogP contribution in [0.15, 0.2) is 48.5 Å². The first-order chi connectivity index (χ1) is 9.61. The Kier molecular flexibility index (Phi) is 4.74. The highest BCUT2D eigenvalue weighted by atomic mass is 19.1. The molecular formula is C17H20FNO. The lowest BCUT2D eigenvalue weighted by atomic mass is 10.0. The van der Waals surface area contributed by atoms with Crippen molar-refractivity contribution in [2.24, 2.45) is 0 Å². The third-order valence-corrected chi connectivity index (χ3v) is 3.45. The standard InChI is InChI=1S/C17H20FNO/c1-12(14-7-6-8-15(18)11-14)19-13(2)16-9-4-5-10-17(16)20-3/h4-13,19H,1-3H3. The molecule has 0 saturated heterocycles. The predicted molar refractivity (Wildman–Crippen MR) is 79.4 cm³/mol. The van der Waals surface area contributed by atoms with Gasteiger partial charge in [0.15, 0.2) is 0 Å². The molecular weight excluding hydrogens is 253 g/mol. The van der Waals surface area contributed by atoms with E-state index in [9.17, 15) is 4.39 Å². The maximum atomic E-state index is 13.3. The molecule has 0 spiro atoms. The van der Waals surface area contributed by atoms with Crippen molar-refractivity contribution < 1.29 is 9.13 Å². The summed E-state index contributed by atoms with van der Waals surface area (Å²) >= 11 is 0. The molecule has 0 aromatic heterocycles. The second-order valence-corrected chi connectivity index (χ2v) is 4.91. The Morgan fingerprint density at radius 1 is 1.00 bits per heavy atom. The number of nitrogens with one attached hydrogen (secondary N) is 1. The molecule has 2 aromatic rings. The molecule has 0 bridgehead atoms. The maximum Gasteiger partial charge on any atom is 0.123 e. The van der Waals surface area contributed by atoms with Crippen LogP contribution in [0.5, 0.6) is 5.75 Å². The molecule has 0 aliphatic carbocycles. The van der Waals surface area contributed by atoms with Crippen LogP contribution in [-0.4, -0.2) is 7.11 Å². The monoisotopic (exact) mass is 273 g/mol. The van der Waals surface area contributed by atoms with Crippen LogP contribution in [0.1, 0.15) is 37.1 Å². The number of ether oxygens (including phenoxy) is 1. The van der Waals surface area contributed by atoms with Crippen LogP contribution in [0.4, 0.5) is 4.39 Å². The molecule has 0 aliphatic rings. The molecule has 2 nitrogen and oxygen atoms in total. The molecule has 2 rings (SSSR count). The quantitative estimate of drug-likeness (QED) is 0.879. The van der Waals surface area contributed by atoms with Gasteiger partial charge in [-0.3, -0.25) is 0 Å². The van der Waals surface area contributed by atoms with Crippen molar-refractivity contribution in [2.75, 3.05) is 7.11 Å². The number of hydrogen-bond acceptors (Lipinski definition) is 2. The smallest absolute Gasteiger partial charge is 0.123 e. The summed E-state index contributed by atoms with van der Waals surface area (Å²) in [5, 5.41) is 3.47. The molecule has 2 aromatic carbocycles. The topological polar surface area (TPSA) is 21.3 Å². The zero-order valence-electron chi connectivity index (χ0n) is 12.1. The van der Waals surface area contributed by atoms with Gasteiger partial charge in [-0.15, -0.1) is 0 Å². The lowest BCUT2D eigenvalue weighted by molar-refractivity contribution is 0.396. The van der Waals surface area contributed by atoms with Crippen LogP contribution < -0.4 is 10.1 Å². The average molecular weight is 273 g/mol. The van der Waals surface area contributed by atoms with E-state index >= 15 is 0 Å². The lowest BCUT2D eigenvalue weighted by Crippen LogP contribution is -2.23. The minimum absolute atomic E-state index is 0.0608. The third-order valence-electron chi connectivity index (χ3n) is 3.45. The fourth-order valence-electron chi connectivity index (χ4n) is 2.36. The molecule has 20 heavy (non-hydrogen) atoms. The molecule has 1 N–H and O–H groups in total. The highest BCUT2D eigenvalue weighted by Gasteiger charge is 2.14. The second-order valence-electron chi connectivity index (χ2n) is 4.91. The van der Waals surface area contributed by atoms with Crippen LogP contribution in [0.25, 0.3) is 0 Å². The van der Waals surface area contributed by atoms with Crippen LogP contribution in [0.3, 0.4) is 0 Å². The van der Waals surface area contributed by atoms with Gasteiger partial charge in [-0.1, -0.05) is 30.3 Å². The second kappa shape index (κ2) is 6.53. The van der Waals surface area contributed by atoms with E-state index in [0.717, 1.165) is 16.9 Å². The lowest BCUT2D eigenvalue weighted by Gasteiger charge is -2.22. The Morgan fingerprint density at radius 2 is 1.75 bits per heavy atom. The summed E-state index contributed by atoms with van der Waals surface area (Å²) < 4.78 is 18.6. The molecule has 0 fully saturated rings. The van der Waals surface area contributed by atoms with Crippen molar-refractivity contribution in [2.45, 2.75) is 25.9 Å². The molecule has 0 radical (unpaired) electrons. The summed E-state index contributed by atoms with van der Waals surface area (Å²) in [6, 6.07) is 14.8. The fourth-order valence-corrected chi connectivity index (χ4v) is 2.36. The maximum absolute atomic E-state index is 13.3. The van der Waals surface area contributed by atoms with Gasteiger partial charge < -0.3 is 10.1 Å². The summed E-state index contributed by atoms with van der Waals surface area (Å²) in [7, 11) is 1.67. The summed E-state index contributed by atoms with van der Waals surface area (Å²) in [6.45, 7) is 4.11. The highest BCUT2D eigenvalue weighted by molar-refractivity contribution is 5.35. The number of benzene rings is 2. The highest BCUT2D eigenvalue weighted by Crippen LogP contribution is 2.26. The molecule has 106 valence electrons. The summed E-state index contributed by atoms with van der Waals surface area (Å²) in [5.74, 6) is 0.653. The van der Waals surface area contributed by atoms with E-state index in [0.29, 0.717) is 0 Å². The fraction of sp³-hybridized carbons (Fsp3) is 0.294. The van der Waals surface area contributed by atoms with Crippen LogP contribution >= 0.6 is 0 Å². The molecule has 0 amide bonds. The summed E-state index contributed by atoms with van der Waals surface area (Å²) in [5.41, 5.74) is 2.03. The van der Waals surface area contributed by atoms with Gasteiger partial charge in [-0.2, -0.15) is 0 Å². The van der Waals surface area contributed by atoms with Crippen molar-refractivity contribution in [3.05, 3.63) is 65.5 Å². The molecule has 0 saturated carbocycles. The van der Waals surface area contributed by atoms with Crippen molar-refractivity contribution in [1.29, 1.82) is 0 Å². The molecule has 3 heteroatoms. The van der Waals surface area contributed by atoms with Gasteiger partial charge in [0.2, 0.25) is 0 Å². The van der Waals surface area contributed by atoms with Crippen molar-refractivity contribution in [3.63, 3.8) is 0 Å². The molecule has 0 aliphatic heterocycles. The number of para-hydroxylation sites is 1. The van der Waals surface area contributed by atoms with E-state index < -0.39 is 0 Å². The van der Waals surface area contributed by atoms with E-state index in [1.807, 2.05) is 37.3 Å². The largest absolute Gasteiger partial charge is 0.496 e. The Balaban J connectivity index is 2.13. The van der Waals surface area contributed by atoms with Gasteiger partial charge in [0, 0.05) is 17.6 Å². The van der Waals surface area contributed by atoms with Crippen LogP contribution in [0.2, 0.25) is 0 Å². The van der Waals surface area contributed by atoms with Gasteiger partial charge in [-0.25, -0.2) is 4.39 Å². The first-order valence-corrected chi connectivity index (χ1v) is 6.76. The number of halogens is 1. The predicted octanol–water partition coefficient (Wildman–Crippen LogP) is 4.25. The van der Waals surface area contributed by atoms with Crippen LogP contribution in [0, 0.1) is 5.82 Å². The van der Waals surface area contributed by atoms with Gasteiger partial charge in [0.1, 0.15) is 11.6 Å². The van der Waals surface area contributed by atoms with Crippen LogP contribution in [-0.2, 0) is 0 Å². The van der Waals surface area contributed by atoms with E-state index in [1.165, 1.54) is 6.07 Å². The number of hydrogen-bond donors (Lipinski definition) is 1. The molecule has 2 unspecified atom stereocenters. The Morgan fingerprint density at radius 3 is 2.45 bits per heavy atom. The van der Waals surface area contributed by atoms with Gasteiger partial charge >= 0.3 is 0 Å². The first kappa shape index (κ1) is 14.5. The summed E-state index contributed by atoms with van der Waals surface area (Å²) in [4.78, 5) is 0. The SMILES string of the molecule is COc1ccccc1C(C)NC(C)c1cccc(F)c1. The van der Waals surface area contributed by atoms with Crippen molar-refractivity contribution in [1.82, 2.24) is 5.32 Å². The number of rotatable bonds is 5. The minimum atomic E-state index is -0.207. The Labute approximate surface area is 119 Å². The van der Waals surface area contributed by atoms with Gasteiger partial charge in [0.25, 0.3) is 0 Å². The van der Waals surface area contributed by atoms with Gasteiger partial charge in [0.05, 0.1) is 7.11 Å². The first-order valence-electron chi connectivity index (χ1n) is 6.76. The van der Waals surface area contributed by atoms with Crippen molar-refractivity contribution in [3.8, 4) is 5.75 Å². The van der Waals surface area contributed by atoms with Gasteiger partial charge in [-0.05, 0) is 37.6 Å².